The summed E-state index contributed by atoms with van der Waals surface area (Å²) in [6, 6.07) is 8.74. The molecule has 0 spiro atoms. The van der Waals surface area contributed by atoms with Gasteiger partial charge in [0.1, 0.15) is 22.5 Å². The number of benzene rings is 2. The molecule has 3 nitrogen and oxygen atoms in total. The van der Waals surface area contributed by atoms with E-state index in [9.17, 15) is 4.79 Å². The maximum Gasteiger partial charge on any atom is 0.261 e. The van der Waals surface area contributed by atoms with Crippen LogP contribution in [0.3, 0.4) is 0 Å². The van der Waals surface area contributed by atoms with Crippen LogP contribution in [0.1, 0.15) is 10.4 Å². The molecule has 0 bridgehead atoms. The molecule has 2 aromatic carbocycles. The summed E-state index contributed by atoms with van der Waals surface area (Å²) in [6.07, 6.45) is 0. The Morgan fingerprint density at radius 3 is 2.05 bits per heavy atom. The van der Waals surface area contributed by atoms with E-state index in [2.05, 4.69) is 9.61 Å². The average Bonchev–Trinajstić information content (AvgIpc) is 2.49. The molecule has 0 aliphatic carbocycles. The maximum absolute atomic E-state index is 12.3. The second kappa shape index (κ2) is 6.95. The number of hydrogen-bond acceptors (Lipinski definition) is 2. The Morgan fingerprint density at radius 1 is 0.905 bits per heavy atom. The van der Waals surface area contributed by atoms with Crippen LogP contribution in [0.2, 0.25) is 20.1 Å². The van der Waals surface area contributed by atoms with Crippen LogP contribution in [0.15, 0.2) is 30.3 Å². The van der Waals surface area contributed by atoms with E-state index in [1.165, 1.54) is 0 Å². The van der Waals surface area contributed by atoms with E-state index in [4.69, 9.17) is 58.3 Å². The SMILES string of the molecule is O=C(Nc1ccccc1)c1c(Cl)c(Cl)c(Cl)c(Cl)c1OCl. The first-order chi connectivity index (χ1) is 9.97. The number of amides is 1. The van der Waals surface area contributed by atoms with E-state index in [0.717, 1.165) is 0 Å². The Labute approximate surface area is 145 Å². The molecule has 21 heavy (non-hydrogen) atoms. The normalized spacial score (nSPS) is 10.3. The van der Waals surface area contributed by atoms with Crippen LogP contribution < -0.4 is 9.61 Å². The zero-order valence-electron chi connectivity index (χ0n) is 10.1. The fraction of sp³-hybridized carbons (Fsp3) is 0. The lowest BCUT2D eigenvalue weighted by molar-refractivity contribution is 0.102. The molecular weight excluding hydrogens is 379 g/mol. The average molecular weight is 385 g/mol. The third-order valence-corrected chi connectivity index (χ3v) is 4.50. The Hall–Kier alpha value is -0.840. The van der Waals surface area contributed by atoms with Crippen LogP contribution in [0.5, 0.6) is 5.75 Å². The van der Waals surface area contributed by atoms with E-state index < -0.39 is 5.91 Å². The lowest BCUT2D eigenvalue weighted by Gasteiger charge is -2.13. The van der Waals surface area contributed by atoms with E-state index in [-0.39, 0.29) is 31.4 Å². The van der Waals surface area contributed by atoms with Crippen molar-refractivity contribution in [2.24, 2.45) is 0 Å². The van der Waals surface area contributed by atoms with Crippen molar-refractivity contribution in [1.29, 1.82) is 0 Å². The Balaban J connectivity index is 2.50. The molecule has 0 fully saturated rings. The zero-order valence-corrected chi connectivity index (χ0v) is 13.9. The van der Waals surface area contributed by atoms with E-state index in [1.807, 2.05) is 6.07 Å². The lowest BCUT2D eigenvalue weighted by atomic mass is 10.1. The van der Waals surface area contributed by atoms with Gasteiger partial charge in [0.05, 0.1) is 15.1 Å². The number of anilines is 1. The number of carbonyl (C=O) groups excluding carboxylic acids is 1. The quantitative estimate of drug-likeness (QED) is 0.513. The number of rotatable bonds is 3. The smallest absolute Gasteiger partial charge is 0.261 e. The molecule has 0 saturated heterocycles. The monoisotopic (exact) mass is 383 g/mol. The van der Waals surface area contributed by atoms with Gasteiger partial charge in [-0.05, 0) is 12.1 Å². The second-order valence-electron chi connectivity index (χ2n) is 3.86. The first-order valence-electron chi connectivity index (χ1n) is 5.48. The van der Waals surface area contributed by atoms with Crippen molar-refractivity contribution in [2.75, 3.05) is 5.32 Å². The molecule has 0 radical (unpaired) electrons. The molecule has 0 aliphatic rings. The van der Waals surface area contributed by atoms with Gasteiger partial charge in [0, 0.05) is 5.69 Å². The number of halogens is 5. The summed E-state index contributed by atoms with van der Waals surface area (Å²) in [7, 11) is 0. The Bertz CT molecular complexity index is 691. The minimum Gasteiger partial charge on any atom is -0.383 e. The van der Waals surface area contributed by atoms with Gasteiger partial charge in [-0.15, -0.1) is 0 Å². The van der Waals surface area contributed by atoms with Crippen LogP contribution >= 0.6 is 58.3 Å². The number of carbonyl (C=O) groups is 1. The second-order valence-corrected chi connectivity index (χ2v) is 5.52. The fourth-order valence-electron chi connectivity index (χ4n) is 1.60. The van der Waals surface area contributed by atoms with Gasteiger partial charge >= 0.3 is 0 Å². The molecular formula is C13H6Cl5NO2. The first kappa shape index (κ1) is 16.5. The van der Waals surface area contributed by atoms with Crippen LogP contribution in [-0.4, -0.2) is 5.91 Å². The van der Waals surface area contributed by atoms with Crippen molar-refractivity contribution >= 4 is 69.9 Å². The van der Waals surface area contributed by atoms with E-state index in [1.54, 1.807) is 24.3 Å². The summed E-state index contributed by atoms with van der Waals surface area (Å²) in [5, 5.41) is 2.32. The largest absolute Gasteiger partial charge is 0.383 e. The molecule has 0 heterocycles. The molecule has 0 aliphatic heterocycles. The van der Waals surface area contributed by atoms with Gasteiger partial charge in [-0.25, -0.2) is 0 Å². The van der Waals surface area contributed by atoms with Crippen molar-refractivity contribution in [3.8, 4) is 5.75 Å². The van der Waals surface area contributed by atoms with Gasteiger partial charge in [-0.1, -0.05) is 64.6 Å². The van der Waals surface area contributed by atoms with Crippen LogP contribution in [-0.2, 0) is 0 Å². The van der Waals surface area contributed by atoms with Gasteiger partial charge in [-0.2, -0.15) is 0 Å². The summed E-state index contributed by atoms with van der Waals surface area (Å²) in [4.78, 5) is 12.3. The topological polar surface area (TPSA) is 38.3 Å². The standard InChI is InChI=1S/C13H6Cl5NO2/c14-8-7(12(21-18)11(17)10(16)9(8)15)13(20)19-6-4-2-1-3-5-6/h1-5H,(H,19,20). The summed E-state index contributed by atoms with van der Waals surface area (Å²) in [6.45, 7) is 0. The van der Waals surface area contributed by atoms with Crippen molar-refractivity contribution in [2.45, 2.75) is 0 Å². The molecule has 8 heteroatoms. The number of para-hydroxylation sites is 1. The molecule has 0 aromatic heterocycles. The van der Waals surface area contributed by atoms with Gasteiger partial charge in [0.2, 0.25) is 0 Å². The fourth-order valence-corrected chi connectivity index (χ4v) is 2.76. The molecule has 1 amide bonds. The number of hydrogen-bond donors (Lipinski definition) is 1. The van der Waals surface area contributed by atoms with E-state index >= 15 is 0 Å². The van der Waals surface area contributed by atoms with Crippen molar-refractivity contribution in [1.82, 2.24) is 0 Å². The molecule has 1 N–H and O–H groups in total. The van der Waals surface area contributed by atoms with Gasteiger partial charge < -0.3 is 9.61 Å². The highest BCUT2D eigenvalue weighted by Crippen LogP contribution is 2.46. The zero-order chi connectivity index (χ0) is 15.6. The summed E-state index contributed by atoms with van der Waals surface area (Å²) in [5.41, 5.74) is 0.455. The van der Waals surface area contributed by atoms with Crippen LogP contribution in [0.25, 0.3) is 0 Å². The third kappa shape index (κ3) is 3.33. The summed E-state index contributed by atoms with van der Waals surface area (Å²) < 4.78 is 4.60. The molecule has 0 atom stereocenters. The minimum atomic E-state index is -0.581. The lowest BCUT2D eigenvalue weighted by Crippen LogP contribution is -2.14. The first-order valence-corrected chi connectivity index (χ1v) is 7.30. The van der Waals surface area contributed by atoms with Crippen molar-refractivity contribution in [3.05, 3.63) is 56.0 Å². The van der Waals surface area contributed by atoms with Gasteiger partial charge in [-0.3, -0.25) is 4.79 Å². The highest BCUT2D eigenvalue weighted by molar-refractivity contribution is 6.53. The Kier molecular flexibility index (Phi) is 5.47. The maximum atomic E-state index is 12.3. The highest BCUT2D eigenvalue weighted by Gasteiger charge is 2.26. The molecule has 110 valence electrons. The summed E-state index contributed by atoms with van der Waals surface area (Å²) >= 11 is 29.2. The summed E-state index contributed by atoms with van der Waals surface area (Å²) in [5.74, 6) is -0.742. The minimum absolute atomic E-state index is 0.0461. The predicted molar refractivity (Wildman–Crippen MR) is 87.4 cm³/mol. The molecule has 2 aromatic rings. The van der Waals surface area contributed by atoms with Crippen LogP contribution in [0, 0.1) is 0 Å². The molecule has 0 saturated carbocycles. The molecule has 2 rings (SSSR count). The Morgan fingerprint density at radius 2 is 1.48 bits per heavy atom. The van der Waals surface area contributed by atoms with Gasteiger partial charge in [0.25, 0.3) is 5.91 Å². The van der Waals surface area contributed by atoms with Crippen LogP contribution in [0.4, 0.5) is 5.69 Å². The van der Waals surface area contributed by atoms with Gasteiger partial charge in [0.15, 0.2) is 5.75 Å². The third-order valence-electron chi connectivity index (χ3n) is 2.56. The van der Waals surface area contributed by atoms with Crippen molar-refractivity contribution in [3.63, 3.8) is 0 Å². The highest BCUT2D eigenvalue weighted by atomic mass is 35.5. The van der Waals surface area contributed by atoms with E-state index in [0.29, 0.717) is 5.69 Å². The predicted octanol–water partition coefficient (Wildman–Crippen LogP) is 6.09. The number of nitrogens with one attached hydrogen (secondary N) is 1. The van der Waals surface area contributed by atoms with Crippen molar-refractivity contribution < 1.29 is 9.08 Å². The molecule has 0 unspecified atom stereocenters.